The molecule has 0 bridgehead atoms. The highest BCUT2D eigenvalue weighted by atomic mass is 32.2. The lowest BCUT2D eigenvalue weighted by Crippen LogP contribution is -2.19. The molecule has 1 aliphatic heterocycles. The van der Waals surface area contributed by atoms with E-state index in [0.717, 1.165) is 49.1 Å². The fourth-order valence-corrected chi connectivity index (χ4v) is 3.90. The fourth-order valence-electron chi connectivity index (χ4n) is 3.15. The molecular weight excluding hydrogens is 360 g/mol. The Morgan fingerprint density at radius 3 is 2.74 bits per heavy atom. The third-order valence-corrected chi connectivity index (χ3v) is 5.62. The number of nitrogens with zero attached hydrogens (tertiary/aromatic N) is 3. The van der Waals surface area contributed by atoms with Crippen LogP contribution < -0.4 is 5.32 Å². The second-order valence-corrected chi connectivity index (χ2v) is 8.07. The molecule has 27 heavy (non-hydrogen) atoms. The summed E-state index contributed by atoms with van der Waals surface area (Å²) >= 11 is 1.43. The average molecular weight is 389 g/mol. The Balaban J connectivity index is 1.61. The molecule has 0 spiro atoms. The van der Waals surface area contributed by atoms with Crippen LogP contribution in [0.3, 0.4) is 0 Å². The zero-order valence-corrected chi connectivity index (χ0v) is 17.1. The van der Waals surface area contributed by atoms with Crippen LogP contribution >= 0.6 is 11.8 Å². The van der Waals surface area contributed by atoms with E-state index in [-0.39, 0.29) is 17.9 Å². The molecule has 1 unspecified atom stereocenters. The van der Waals surface area contributed by atoms with Gasteiger partial charge in [-0.1, -0.05) is 44.7 Å². The van der Waals surface area contributed by atoms with Crippen LogP contribution in [0.15, 0.2) is 29.4 Å². The molecule has 0 aliphatic carbocycles. The predicted octanol–water partition coefficient (Wildman–Crippen LogP) is 3.87. The molecule has 1 aromatic heterocycles. The SMILES string of the molecule is CCc1ccc(NC(=O)CSc2nnc(C(C)C)n2CC2CCCO2)cc1. The van der Waals surface area contributed by atoms with Gasteiger partial charge in [0.25, 0.3) is 0 Å². The highest BCUT2D eigenvalue weighted by Gasteiger charge is 2.22. The molecule has 2 aromatic rings. The number of nitrogens with one attached hydrogen (secondary N) is 1. The lowest BCUT2D eigenvalue weighted by Gasteiger charge is -2.16. The van der Waals surface area contributed by atoms with Crippen LogP contribution in [-0.2, 0) is 22.5 Å². The number of benzene rings is 1. The van der Waals surface area contributed by atoms with Gasteiger partial charge in [0.1, 0.15) is 5.82 Å². The molecule has 1 N–H and O–H groups in total. The molecule has 1 amide bonds. The Hall–Kier alpha value is -1.86. The van der Waals surface area contributed by atoms with Gasteiger partial charge < -0.3 is 14.6 Å². The topological polar surface area (TPSA) is 69.0 Å². The Morgan fingerprint density at radius 2 is 2.11 bits per heavy atom. The van der Waals surface area contributed by atoms with E-state index in [1.165, 1.54) is 17.3 Å². The summed E-state index contributed by atoms with van der Waals surface area (Å²) in [7, 11) is 0. The van der Waals surface area contributed by atoms with Gasteiger partial charge in [0.2, 0.25) is 5.91 Å². The molecule has 1 fully saturated rings. The summed E-state index contributed by atoms with van der Waals surface area (Å²) < 4.78 is 7.89. The molecule has 3 rings (SSSR count). The maximum atomic E-state index is 12.3. The summed E-state index contributed by atoms with van der Waals surface area (Å²) in [5.74, 6) is 1.49. The third-order valence-electron chi connectivity index (χ3n) is 4.65. The minimum Gasteiger partial charge on any atom is -0.376 e. The Morgan fingerprint density at radius 1 is 1.33 bits per heavy atom. The van der Waals surface area contributed by atoms with Crippen LogP contribution in [0.5, 0.6) is 0 Å². The minimum absolute atomic E-state index is 0.0398. The molecule has 7 heteroatoms. The van der Waals surface area contributed by atoms with Crippen molar-refractivity contribution < 1.29 is 9.53 Å². The molecule has 1 saturated heterocycles. The lowest BCUT2D eigenvalue weighted by molar-refractivity contribution is -0.113. The quantitative estimate of drug-likeness (QED) is 0.695. The lowest BCUT2D eigenvalue weighted by atomic mass is 10.1. The van der Waals surface area contributed by atoms with E-state index in [2.05, 4.69) is 40.9 Å². The second-order valence-electron chi connectivity index (χ2n) is 7.13. The first kappa shape index (κ1) is 19.9. The molecule has 6 nitrogen and oxygen atoms in total. The third kappa shape index (κ3) is 5.32. The predicted molar refractivity (Wildman–Crippen MR) is 108 cm³/mol. The fraction of sp³-hybridized carbons (Fsp3) is 0.550. The van der Waals surface area contributed by atoms with E-state index in [9.17, 15) is 4.79 Å². The summed E-state index contributed by atoms with van der Waals surface area (Å²) in [5.41, 5.74) is 2.08. The highest BCUT2D eigenvalue weighted by Crippen LogP contribution is 2.24. The molecule has 0 saturated carbocycles. The maximum absolute atomic E-state index is 12.3. The number of hydrogen-bond acceptors (Lipinski definition) is 5. The smallest absolute Gasteiger partial charge is 0.234 e. The normalized spacial score (nSPS) is 16.8. The number of amides is 1. The molecular formula is C20H28N4O2S. The van der Waals surface area contributed by atoms with Crippen LogP contribution in [0.2, 0.25) is 0 Å². The van der Waals surface area contributed by atoms with E-state index < -0.39 is 0 Å². The molecule has 0 radical (unpaired) electrons. The number of aromatic nitrogens is 3. The van der Waals surface area contributed by atoms with E-state index >= 15 is 0 Å². The zero-order valence-electron chi connectivity index (χ0n) is 16.3. The van der Waals surface area contributed by atoms with E-state index in [1.54, 1.807) is 0 Å². The maximum Gasteiger partial charge on any atom is 0.234 e. The summed E-state index contributed by atoms with van der Waals surface area (Å²) in [5, 5.41) is 12.4. The van der Waals surface area contributed by atoms with Crippen molar-refractivity contribution in [3.63, 3.8) is 0 Å². The standard InChI is InChI=1S/C20H28N4O2S/c1-4-15-7-9-16(10-8-15)21-18(25)13-27-20-23-22-19(14(2)3)24(20)12-17-6-5-11-26-17/h7-10,14,17H,4-6,11-13H2,1-3H3,(H,21,25). The second kappa shape index (κ2) is 9.37. The first-order valence-electron chi connectivity index (χ1n) is 9.63. The molecule has 1 aliphatic rings. The summed E-state index contributed by atoms with van der Waals surface area (Å²) in [6, 6.07) is 7.96. The number of aryl methyl sites for hydroxylation is 1. The van der Waals surface area contributed by atoms with Gasteiger partial charge in [0.15, 0.2) is 5.16 Å². The Bertz CT molecular complexity index is 752. The molecule has 1 aromatic carbocycles. The van der Waals surface area contributed by atoms with Crippen molar-refractivity contribution in [2.24, 2.45) is 0 Å². The molecule has 146 valence electrons. The number of rotatable bonds is 8. The van der Waals surface area contributed by atoms with Gasteiger partial charge in [-0.25, -0.2) is 0 Å². The number of anilines is 1. The van der Waals surface area contributed by atoms with Crippen molar-refractivity contribution in [3.05, 3.63) is 35.7 Å². The van der Waals surface area contributed by atoms with Gasteiger partial charge >= 0.3 is 0 Å². The van der Waals surface area contributed by atoms with Crippen molar-refractivity contribution in [2.75, 3.05) is 17.7 Å². The Kier molecular flexibility index (Phi) is 6.90. The number of thioether (sulfide) groups is 1. The van der Waals surface area contributed by atoms with Crippen molar-refractivity contribution in [1.29, 1.82) is 0 Å². The van der Waals surface area contributed by atoms with Crippen LogP contribution in [0, 0.1) is 0 Å². The van der Waals surface area contributed by atoms with Gasteiger partial charge in [-0.05, 0) is 37.0 Å². The average Bonchev–Trinajstić information content (AvgIpc) is 3.31. The number of carbonyl (C=O) groups excluding carboxylic acids is 1. The minimum atomic E-state index is -0.0398. The molecule has 2 heterocycles. The highest BCUT2D eigenvalue weighted by molar-refractivity contribution is 7.99. The van der Waals surface area contributed by atoms with Gasteiger partial charge in [0.05, 0.1) is 18.4 Å². The van der Waals surface area contributed by atoms with Crippen LogP contribution in [0.25, 0.3) is 0 Å². The zero-order chi connectivity index (χ0) is 19.2. The van der Waals surface area contributed by atoms with Gasteiger partial charge in [-0.15, -0.1) is 10.2 Å². The van der Waals surface area contributed by atoms with Crippen molar-refractivity contribution in [2.45, 2.75) is 63.8 Å². The number of ether oxygens (including phenoxy) is 1. The van der Waals surface area contributed by atoms with Crippen molar-refractivity contribution in [1.82, 2.24) is 14.8 Å². The first-order chi connectivity index (χ1) is 13.1. The number of hydrogen-bond donors (Lipinski definition) is 1. The largest absolute Gasteiger partial charge is 0.376 e. The van der Waals surface area contributed by atoms with Crippen LogP contribution in [-0.4, -0.2) is 39.1 Å². The van der Waals surface area contributed by atoms with E-state index in [0.29, 0.717) is 5.75 Å². The van der Waals surface area contributed by atoms with Crippen molar-refractivity contribution >= 4 is 23.4 Å². The van der Waals surface area contributed by atoms with E-state index in [1.807, 2.05) is 24.3 Å². The van der Waals surface area contributed by atoms with Crippen molar-refractivity contribution in [3.8, 4) is 0 Å². The van der Waals surface area contributed by atoms with Gasteiger partial charge in [0, 0.05) is 18.2 Å². The first-order valence-corrected chi connectivity index (χ1v) is 10.6. The summed E-state index contributed by atoms with van der Waals surface area (Å²) in [4.78, 5) is 12.3. The van der Waals surface area contributed by atoms with Crippen LogP contribution in [0.4, 0.5) is 5.69 Å². The monoisotopic (exact) mass is 388 g/mol. The van der Waals surface area contributed by atoms with E-state index in [4.69, 9.17) is 4.74 Å². The van der Waals surface area contributed by atoms with Crippen LogP contribution in [0.1, 0.15) is 50.9 Å². The summed E-state index contributed by atoms with van der Waals surface area (Å²) in [6.45, 7) is 7.91. The number of carbonyl (C=O) groups is 1. The van der Waals surface area contributed by atoms with Gasteiger partial charge in [-0.2, -0.15) is 0 Å². The summed E-state index contributed by atoms with van der Waals surface area (Å²) in [6.07, 6.45) is 3.37. The Labute approximate surface area is 165 Å². The molecule has 1 atom stereocenters. The van der Waals surface area contributed by atoms with Gasteiger partial charge in [-0.3, -0.25) is 4.79 Å².